The van der Waals surface area contributed by atoms with E-state index in [1.807, 2.05) is 6.07 Å². The molecule has 0 aliphatic heterocycles. The summed E-state index contributed by atoms with van der Waals surface area (Å²) in [5.74, 6) is -1.29. The molecule has 0 spiro atoms. The molecule has 0 bridgehead atoms. The third-order valence-corrected chi connectivity index (χ3v) is 5.54. The van der Waals surface area contributed by atoms with E-state index in [1.165, 1.54) is 31.4 Å². The van der Waals surface area contributed by atoms with Gasteiger partial charge in [0, 0.05) is 29.9 Å². The molecule has 2 aromatic rings. The first-order chi connectivity index (χ1) is 13.9. The van der Waals surface area contributed by atoms with Crippen LogP contribution >= 0.6 is 0 Å². The summed E-state index contributed by atoms with van der Waals surface area (Å²) in [6.07, 6.45) is 5.98. The number of carboxylic acids is 1. The Morgan fingerprint density at radius 3 is 2.24 bits per heavy atom. The van der Waals surface area contributed by atoms with Gasteiger partial charge in [-0.05, 0) is 37.0 Å². The Labute approximate surface area is 172 Å². The van der Waals surface area contributed by atoms with Gasteiger partial charge in [-0.2, -0.15) is 0 Å². The smallest absolute Gasteiger partial charge is 0.336 e. The average Bonchev–Trinajstić information content (AvgIpc) is 2.72. The summed E-state index contributed by atoms with van der Waals surface area (Å²) in [6, 6.07) is 11.7. The highest BCUT2D eigenvalue weighted by molar-refractivity contribution is 6.15. The van der Waals surface area contributed by atoms with Gasteiger partial charge in [-0.3, -0.25) is 4.79 Å². The van der Waals surface area contributed by atoms with Crippen LogP contribution in [0.15, 0.2) is 42.5 Å². The first-order valence-corrected chi connectivity index (χ1v) is 10.3. The van der Waals surface area contributed by atoms with E-state index in [4.69, 9.17) is 0 Å². The number of hydrogen-bond donors (Lipinski definition) is 2. The lowest BCUT2D eigenvalue weighted by atomic mass is 9.92. The monoisotopic (exact) mass is 395 g/mol. The van der Waals surface area contributed by atoms with Gasteiger partial charge in [0.05, 0.1) is 11.1 Å². The summed E-state index contributed by atoms with van der Waals surface area (Å²) < 4.78 is 0. The Hall–Kier alpha value is -2.82. The van der Waals surface area contributed by atoms with E-state index in [0.29, 0.717) is 12.0 Å². The molecule has 3 rings (SSSR count). The summed E-state index contributed by atoms with van der Waals surface area (Å²) in [7, 11) is 0. The van der Waals surface area contributed by atoms with Crippen LogP contribution in [0.4, 0.5) is 5.69 Å². The van der Waals surface area contributed by atoms with Crippen molar-refractivity contribution in [3.63, 3.8) is 0 Å². The van der Waals surface area contributed by atoms with E-state index in [0.717, 1.165) is 25.1 Å². The third kappa shape index (κ3) is 4.78. The van der Waals surface area contributed by atoms with E-state index in [9.17, 15) is 19.8 Å². The fourth-order valence-corrected chi connectivity index (χ4v) is 4.15. The van der Waals surface area contributed by atoms with Crippen LogP contribution in [-0.2, 0) is 0 Å². The Morgan fingerprint density at radius 1 is 1.00 bits per heavy atom. The molecule has 154 valence electrons. The Kier molecular flexibility index (Phi) is 6.57. The van der Waals surface area contributed by atoms with Crippen LogP contribution in [0.1, 0.15) is 72.2 Å². The van der Waals surface area contributed by atoms with Gasteiger partial charge in [0.1, 0.15) is 5.75 Å². The molecule has 0 radical (unpaired) electrons. The molecular weight excluding hydrogens is 366 g/mol. The van der Waals surface area contributed by atoms with Crippen molar-refractivity contribution in [1.82, 2.24) is 0 Å². The molecule has 1 fully saturated rings. The highest BCUT2D eigenvalue weighted by Gasteiger charge is 2.25. The molecule has 0 aromatic heterocycles. The van der Waals surface area contributed by atoms with Gasteiger partial charge in [-0.25, -0.2) is 4.79 Å². The molecule has 0 atom stereocenters. The quantitative estimate of drug-likeness (QED) is 0.637. The van der Waals surface area contributed by atoms with E-state index in [1.54, 1.807) is 24.3 Å². The summed E-state index contributed by atoms with van der Waals surface area (Å²) in [5.41, 5.74) is 1.04. The maximum absolute atomic E-state index is 12.9. The minimum atomic E-state index is -1.16. The van der Waals surface area contributed by atoms with Crippen LogP contribution in [0.3, 0.4) is 0 Å². The summed E-state index contributed by atoms with van der Waals surface area (Å²) in [5, 5.41) is 20.0. The zero-order chi connectivity index (χ0) is 21.0. The second-order valence-electron chi connectivity index (χ2n) is 8.22. The number of benzene rings is 2. The van der Waals surface area contributed by atoms with Gasteiger partial charge in [-0.1, -0.05) is 51.3 Å². The van der Waals surface area contributed by atoms with Crippen molar-refractivity contribution in [2.75, 3.05) is 11.4 Å². The van der Waals surface area contributed by atoms with E-state index in [-0.39, 0.29) is 22.4 Å². The first-order valence-electron chi connectivity index (χ1n) is 10.3. The zero-order valence-electron chi connectivity index (χ0n) is 17.1. The zero-order valence-corrected chi connectivity index (χ0v) is 17.1. The van der Waals surface area contributed by atoms with Crippen molar-refractivity contribution < 1.29 is 19.8 Å². The average molecular weight is 395 g/mol. The normalized spacial score (nSPS) is 14.7. The number of nitrogens with zero attached hydrogens (tertiary/aromatic N) is 1. The molecule has 1 aliphatic rings. The van der Waals surface area contributed by atoms with Crippen LogP contribution < -0.4 is 4.90 Å². The molecule has 5 heteroatoms. The summed E-state index contributed by atoms with van der Waals surface area (Å²) >= 11 is 0. The van der Waals surface area contributed by atoms with Crippen LogP contribution in [-0.4, -0.2) is 34.6 Å². The lowest BCUT2D eigenvalue weighted by Crippen LogP contribution is -2.39. The first kappa shape index (κ1) is 20.9. The Bertz CT molecular complexity index is 884. The standard InChI is InChI=1S/C24H29NO4/c1-16(2)15-25(17-8-4-3-5-9-17)18-12-13-21(22(26)14-18)23(27)19-10-6-7-11-20(19)24(28)29/h6-7,10-14,16-17,26H,3-5,8-9,15H2,1-2H3,(H,28,29). The highest BCUT2D eigenvalue weighted by Crippen LogP contribution is 2.32. The molecule has 2 N–H and O–H groups in total. The molecule has 0 saturated heterocycles. The van der Waals surface area contributed by atoms with E-state index >= 15 is 0 Å². The minimum absolute atomic E-state index is 0.0652. The third-order valence-electron chi connectivity index (χ3n) is 5.54. The Morgan fingerprint density at radius 2 is 1.66 bits per heavy atom. The minimum Gasteiger partial charge on any atom is -0.507 e. The molecule has 0 unspecified atom stereocenters. The second-order valence-corrected chi connectivity index (χ2v) is 8.22. The van der Waals surface area contributed by atoms with E-state index < -0.39 is 11.8 Å². The lowest BCUT2D eigenvalue weighted by Gasteiger charge is -2.37. The number of carbonyl (C=O) groups is 2. The molecular formula is C24H29NO4. The molecule has 29 heavy (non-hydrogen) atoms. The molecule has 5 nitrogen and oxygen atoms in total. The number of rotatable bonds is 7. The van der Waals surface area contributed by atoms with Gasteiger partial charge in [-0.15, -0.1) is 0 Å². The van der Waals surface area contributed by atoms with Crippen LogP contribution in [0.5, 0.6) is 5.75 Å². The number of aromatic hydroxyl groups is 1. The summed E-state index contributed by atoms with van der Waals surface area (Å²) in [6.45, 7) is 5.24. The number of phenolic OH excluding ortho intramolecular Hbond substituents is 1. The fourth-order valence-electron chi connectivity index (χ4n) is 4.15. The second kappa shape index (κ2) is 9.12. The number of anilines is 1. The topological polar surface area (TPSA) is 77.8 Å². The largest absolute Gasteiger partial charge is 0.507 e. The van der Waals surface area contributed by atoms with Crippen molar-refractivity contribution in [2.24, 2.45) is 5.92 Å². The lowest BCUT2D eigenvalue weighted by molar-refractivity contribution is 0.0692. The maximum Gasteiger partial charge on any atom is 0.336 e. The number of hydrogen-bond acceptors (Lipinski definition) is 4. The van der Waals surface area contributed by atoms with Crippen molar-refractivity contribution >= 4 is 17.4 Å². The number of carbonyl (C=O) groups excluding carboxylic acids is 1. The van der Waals surface area contributed by atoms with E-state index in [2.05, 4.69) is 18.7 Å². The number of carboxylic acid groups (broad SMARTS) is 1. The molecule has 0 amide bonds. The molecule has 1 aliphatic carbocycles. The molecule has 0 heterocycles. The van der Waals surface area contributed by atoms with Crippen molar-refractivity contribution in [3.8, 4) is 5.75 Å². The summed E-state index contributed by atoms with van der Waals surface area (Å²) in [4.78, 5) is 26.7. The van der Waals surface area contributed by atoms with Crippen molar-refractivity contribution in [1.29, 1.82) is 0 Å². The van der Waals surface area contributed by atoms with Gasteiger partial charge in [0.15, 0.2) is 5.78 Å². The number of aromatic carboxylic acids is 1. The van der Waals surface area contributed by atoms with Crippen LogP contribution in [0.25, 0.3) is 0 Å². The fraction of sp³-hybridized carbons (Fsp3) is 0.417. The van der Waals surface area contributed by atoms with Crippen molar-refractivity contribution in [2.45, 2.75) is 52.0 Å². The van der Waals surface area contributed by atoms with Gasteiger partial charge < -0.3 is 15.1 Å². The van der Waals surface area contributed by atoms with Crippen LogP contribution in [0, 0.1) is 5.92 Å². The van der Waals surface area contributed by atoms with Crippen molar-refractivity contribution in [3.05, 3.63) is 59.2 Å². The SMILES string of the molecule is CC(C)CN(c1ccc(C(=O)c2ccccc2C(=O)O)c(O)c1)C1CCCCC1. The predicted molar refractivity (Wildman–Crippen MR) is 114 cm³/mol. The van der Waals surface area contributed by atoms with Gasteiger partial charge in [0.2, 0.25) is 0 Å². The van der Waals surface area contributed by atoms with Crippen LogP contribution in [0.2, 0.25) is 0 Å². The number of phenols is 1. The number of ketones is 1. The molecule has 2 aromatic carbocycles. The predicted octanol–water partition coefficient (Wildman–Crippen LogP) is 5.12. The Balaban J connectivity index is 1.92. The van der Waals surface area contributed by atoms with Gasteiger partial charge in [0.25, 0.3) is 0 Å². The molecule has 1 saturated carbocycles. The highest BCUT2D eigenvalue weighted by atomic mass is 16.4. The van der Waals surface area contributed by atoms with Gasteiger partial charge >= 0.3 is 5.97 Å². The maximum atomic E-state index is 12.9.